The number of carbonyl (C=O) groups is 1. The Morgan fingerprint density at radius 1 is 1.41 bits per heavy atom. The lowest BCUT2D eigenvalue weighted by molar-refractivity contribution is -0.119. The minimum atomic E-state index is -3.70. The van der Waals surface area contributed by atoms with Gasteiger partial charge in [0.25, 0.3) is 0 Å². The highest BCUT2D eigenvalue weighted by Crippen LogP contribution is 2.14. The number of benzene rings is 1. The maximum absolute atomic E-state index is 12.0. The van der Waals surface area contributed by atoms with E-state index in [-0.39, 0.29) is 4.90 Å². The highest BCUT2D eigenvalue weighted by atomic mass is 32.2. The molecule has 0 spiro atoms. The van der Waals surface area contributed by atoms with Crippen LogP contribution in [0.1, 0.15) is 18.9 Å². The molecule has 0 aliphatic heterocycles. The van der Waals surface area contributed by atoms with Crippen LogP contribution >= 0.6 is 0 Å². The topological polar surface area (TPSA) is 89.3 Å². The molecule has 1 aromatic carbocycles. The Kier molecular flexibility index (Phi) is 4.25. The van der Waals surface area contributed by atoms with E-state index in [1.165, 1.54) is 6.07 Å². The van der Waals surface area contributed by atoms with Crippen LogP contribution in [0.5, 0.6) is 0 Å². The largest absolute Gasteiger partial charge is 0.368 e. The second-order valence-corrected chi connectivity index (χ2v) is 5.43. The fourth-order valence-electron chi connectivity index (χ4n) is 1.45. The van der Waals surface area contributed by atoms with Gasteiger partial charge < -0.3 is 5.73 Å². The van der Waals surface area contributed by atoms with Gasteiger partial charge in [-0.05, 0) is 25.0 Å². The molecule has 1 aromatic rings. The fraction of sp³-hybridized carbons (Fsp3) is 0.364. The number of nitrogens with one attached hydrogen (secondary N) is 1. The molecule has 94 valence electrons. The molecule has 0 aromatic heterocycles. The number of nitrogens with two attached hydrogens (primary N) is 1. The van der Waals surface area contributed by atoms with Crippen LogP contribution in [-0.2, 0) is 14.8 Å². The normalized spacial score (nSPS) is 13.3. The number of primary amides is 1. The van der Waals surface area contributed by atoms with Crippen molar-refractivity contribution in [2.45, 2.75) is 31.2 Å². The smallest absolute Gasteiger partial charge is 0.241 e. The molecule has 0 radical (unpaired) electrons. The molecule has 0 aliphatic carbocycles. The molecule has 3 N–H and O–H groups in total. The summed E-state index contributed by atoms with van der Waals surface area (Å²) >= 11 is 0. The monoisotopic (exact) mass is 256 g/mol. The van der Waals surface area contributed by atoms with Crippen LogP contribution < -0.4 is 10.5 Å². The summed E-state index contributed by atoms with van der Waals surface area (Å²) in [5.74, 6) is -0.676. The quantitative estimate of drug-likeness (QED) is 0.805. The van der Waals surface area contributed by atoms with Gasteiger partial charge in [0.2, 0.25) is 15.9 Å². The first-order valence-electron chi connectivity index (χ1n) is 5.25. The molecule has 0 saturated heterocycles. The van der Waals surface area contributed by atoms with Gasteiger partial charge in [0, 0.05) is 0 Å². The number of carbonyl (C=O) groups excluding carboxylic acids is 1. The van der Waals surface area contributed by atoms with Crippen LogP contribution in [0.4, 0.5) is 0 Å². The van der Waals surface area contributed by atoms with Gasteiger partial charge >= 0.3 is 0 Å². The van der Waals surface area contributed by atoms with Gasteiger partial charge in [0.1, 0.15) is 6.04 Å². The van der Waals surface area contributed by atoms with Crippen LogP contribution in [0, 0.1) is 6.92 Å². The Balaban J connectivity index is 3.05. The third-order valence-electron chi connectivity index (χ3n) is 2.43. The van der Waals surface area contributed by atoms with E-state index in [0.717, 1.165) is 0 Å². The molecule has 1 atom stereocenters. The summed E-state index contributed by atoms with van der Waals surface area (Å²) in [5.41, 5.74) is 5.73. The molecule has 17 heavy (non-hydrogen) atoms. The summed E-state index contributed by atoms with van der Waals surface area (Å²) in [5, 5.41) is 0. The molecule has 1 rings (SSSR count). The number of amides is 1. The number of sulfonamides is 1. The summed E-state index contributed by atoms with van der Waals surface area (Å²) < 4.78 is 26.3. The second-order valence-electron chi connectivity index (χ2n) is 3.75. The van der Waals surface area contributed by atoms with Gasteiger partial charge in [-0.15, -0.1) is 0 Å². The van der Waals surface area contributed by atoms with E-state index in [1.807, 2.05) is 0 Å². The van der Waals surface area contributed by atoms with Crippen LogP contribution in [0.2, 0.25) is 0 Å². The van der Waals surface area contributed by atoms with Crippen molar-refractivity contribution in [3.05, 3.63) is 29.8 Å². The van der Waals surface area contributed by atoms with Gasteiger partial charge in [0.05, 0.1) is 4.90 Å². The van der Waals surface area contributed by atoms with Crippen molar-refractivity contribution in [2.75, 3.05) is 0 Å². The summed E-state index contributed by atoms with van der Waals surface area (Å²) in [7, 11) is -3.70. The van der Waals surface area contributed by atoms with Crippen molar-refractivity contribution in [3.8, 4) is 0 Å². The van der Waals surface area contributed by atoms with Gasteiger partial charge in [-0.3, -0.25) is 4.79 Å². The molecule has 1 unspecified atom stereocenters. The minimum absolute atomic E-state index is 0.166. The van der Waals surface area contributed by atoms with E-state index >= 15 is 0 Å². The van der Waals surface area contributed by atoms with Crippen LogP contribution in [0.3, 0.4) is 0 Å². The highest BCUT2D eigenvalue weighted by molar-refractivity contribution is 7.89. The zero-order valence-electron chi connectivity index (χ0n) is 9.80. The molecule has 0 bridgehead atoms. The third kappa shape index (κ3) is 3.28. The third-order valence-corrected chi connectivity index (χ3v) is 4.06. The standard InChI is InChI=1S/C11H16N2O3S/c1-3-9(11(12)14)13-17(15,16)10-7-5-4-6-8(10)2/h4-7,9,13H,3H2,1-2H3,(H2,12,14). The van der Waals surface area contributed by atoms with Crippen LogP contribution in [0.25, 0.3) is 0 Å². The Bertz CT molecular complexity index is 511. The first-order chi connectivity index (χ1) is 7.88. The molecular weight excluding hydrogens is 240 g/mol. The van der Waals surface area contributed by atoms with Crippen molar-refractivity contribution >= 4 is 15.9 Å². The lowest BCUT2D eigenvalue weighted by Crippen LogP contribution is -2.43. The first-order valence-corrected chi connectivity index (χ1v) is 6.74. The molecule has 0 fully saturated rings. The number of rotatable bonds is 5. The van der Waals surface area contributed by atoms with E-state index in [2.05, 4.69) is 4.72 Å². The summed E-state index contributed by atoms with van der Waals surface area (Å²) in [4.78, 5) is 11.2. The van der Waals surface area contributed by atoms with Crippen molar-refractivity contribution in [1.29, 1.82) is 0 Å². The van der Waals surface area contributed by atoms with E-state index in [9.17, 15) is 13.2 Å². The van der Waals surface area contributed by atoms with Crippen molar-refractivity contribution in [3.63, 3.8) is 0 Å². The minimum Gasteiger partial charge on any atom is -0.368 e. The second kappa shape index (κ2) is 5.29. The lowest BCUT2D eigenvalue weighted by Gasteiger charge is -2.14. The Hall–Kier alpha value is -1.40. The fourth-order valence-corrected chi connectivity index (χ4v) is 2.99. The summed E-state index contributed by atoms with van der Waals surface area (Å²) in [6.07, 6.45) is 0.320. The average molecular weight is 256 g/mol. The Morgan fingerprint density at radius 2 is 2.00 bits per heavy atom. The predicted octanol–water partition coefficient (Wildman–Crippen LogP) is 0.537. The lowest BCUT2D eigenvalue weighted by atomic mass is 10.2. The Labute approximate surface area is 101 Å². The maximum Gasteiger partial charge on any atom is 0.241 e. The van der Waals surface area contributed by atoms with Crippen molar-refractivity contribution < 1.29 is 13.2 Å². The average Bonchev–Trinajstić information content (AvgIpc) is 2.26. The van der Waals surface area contributed by atoms with E-state index in [4.69, 9.17) is 5.73 Å². The zero-order chi connectivity index (χ0) is 13.1. The van der Waals surface area contributed by atoms with E-state index in [0.29, 0.717) is 12.0 Å². The molecule has 6 heteroatoms. The SMILES string of the molecule is CCC(NS(=O)(=O)c1ccccc1C)C(N)=O. The molecule has 0 aliphatic rings. The summed E-state index contributed by atoms with van der Waals surface area (Å²) in [6, 6.07) is 5.69. The zero-order valence-corrected chi connectivity index (χ0v) is 10.6. The molecule has 1 amide bonds. The molecule has 0 saturated carbocycles. The van der Waals surface area contributed by atoms with Crippen LogP contribution in [0.15, 0.2) is 29.2 Å². The first kappa shape index (κ1) is 13.7. The summed E-state index contributed by atoms with van der Waals surface area (Å²) in [6.45, 7) is 3.38. The van der Waals surface area contributed by atoms with Gasteiger partial charge in [-0.25, -0.2) is 8.42 Å². The molecule has 0 heterocycles. The van der Waals surface area contributed by atoms with Gasteiger partial charge in [0.15, 0.2) is 0 Å². The number of aryl methyl sites for hydroxylation is 1. The predicted molar refractivity (Wildman–Crippen MR) is 64.8 cm³/mol. The molecule has 5 nitrogen and oxygen atoms in total. The number of hydrogen-bond donors (Lipinski definition) is 2. The number of hydrogen-bond acceptors (Lipinski definition) is 3. The molecular formula is C11H16N2O3S. The van der Waals surface area contributed by atoms with Gasteiger partial charge in [-0.1, -0.05) is 25.1 Å². The van der Waals surface area contributed by atoms with E-state index in [1.54, 1.807) is 32.0 Å². The highest BCUT2D eigenvalue weighted by Gasteiger charge is 2.23. The van der Waals surface area contributed by atoms with Crippen molar-refractivity contribution in [2.24, 2.45) is 5.73 Å². The maximum atomic E-state index is 12.0. The van der Waals surface area contributed by atoms with Crippen molar-refractivity contribution in [1.82, 2.24) is 4.72 Å². The Morgan fingerprint density at radius 3 is 2.47 bits per heavy atom. The van der Waals surface area contributed by atoms with Crippen LogP contribution in [-0.4, -0.2) is 20.4 Å². The van der Waals surface area contributed by atoms with Gasteiger partial charge in [-0.2, -0.15) is 4.72 Å². The van der Waals surface area contributed by atoms with E-state index < -0.39 is 22.0 Å².